The average molecular weight is 374 g/mol. The number of halogens is 1. The number of nitrogens with zero attached hydrogens (tertiary/aromatic N) is 1. The molecule has 0 unspecified atom stereocenters. The molecule has 1 aromatic carbocycles. The van der Waals surface area contributed by atoms with Crippen molar-refractivity contribution < 1.29 is 9.59 Å². The summed E-state index contributed by atoms with van der Waals surface area (Å²) in [4.78, 5) is 24.8. The van der Waals surface area contributed by atoms with Gasteiger partial charge in [0.15, 0.2) is 0 Å². The van der Waals surface area contributed by atoms with Gasteiger partial charge >= 0.3 is 0 Å². The van der Waals surface area contributed by atoms with Crippen LogP contribution in [-0.2, 0) is 9.59 Å². The zero-order valence-corrected chi connectivity index (χ0v) is 15.5. The Kier molecular flexibility index (Phi) is 4.74. The van der Waals surface area contributed by atoms with E-state index in [0.717, 1.165) is 24.8 Å². The minimum absolute atomic E-state index is 0.0343. The zero-order valence-electron chi connectivity index (χ0n) is 14.7. The van der Waals surface area contributed by atoms with E-state index < -0.39 is 0 Å². The Morgan fingerprint density at radius 1 is 1.15 bits per heavy atom. The van der Waals surface area contributed by atoms with Crippen LogP contribution >= 0.6 is 11.6 Å². The molecule has 4 aliphatic rings. The zero-order chi connectivity index (χ0) is 18.1. The first kappa shape index (κ1) is 17.5. The summed E-state index contributed by atoms with van der Waals surface area (Å²) in [5.41, 5.74) is 3.03. The fraction of sp³-hybridized carbons (Fsp3) is 0.550. The van der Waals surface area contributed by atoms with Crippen molar-refractivity contribution in [3.8, 4) is 0 Å². The minimum Gasteiger partial charge on any atom is -0.346 e. The SMILES string of the molecule is O=C(CNC(=O)C12CC3CC(CC(C3)C1)C2)NN=Cc1cccc(Cl)c1. The van der Waals surface area contributed by atoms with Gasteiger partial charge in [0, 0.05) is 10.4 Å². The Morgan fingerprint density at radius 2 is 1.81 bits per heavy atom. The van der Waals surface area contributed by atoms with E-state index in [9.17, 15) is 9.59 Å². The number of hydrogen-bond acceptors (Lipinski definition) is 3. The molecule has 0 spiro atoms. The van der Waals surface area contributed by atoms with Gasteiger partial charge in [-0.2, -0.15) is 5.10 Å². The average Bonchev–Trinajstić information content (AvgIpc) is 2.58. The number of benzene rings is 1. The van der Waals surface area contributed by atoms with Gasteiger partial charge < -0.3 is 5.32 Å². The molecule has 0 aliphatic heterocycles. The van der Waals surface area contributed by atoms with Crippen molar-refractivity contribution in [3.63, 3.8) is 0 Å². The second-order valence-electron chi connectivity index (χ2n) is 8.23. The van der Waals surface area contributed by atoms with E-state index in [0.29, 0.717) is 22.8 Å². The predicted molar refractivity (Wildman–Crippen MR) is 101 cm³/mol. The third-order valence-corrected chi connectivity index (χ3v) is 6.42. The van der Waals surface area contributed by atoms with Crippen molar-refractivity contribution in [1.82, 2.24) is 10.7 Å². The van der Waals surface area contributed by atoms with Gasteiger partial charge in [-0.15, -0.1) is 0 Å². The molecule has 4 fully saturated rings. The number of hydrogen-bond donors (Lipinski definition) is 2. The molecule has 0 aromatic heterocycles. The maximum absolute atomic E-state index is 12.8. The van der Waals surface area contributed by atoms with Crippen molar-refractivity contribution in [1.29, 1.82) is 0 Å². The lowest BCUT2D eigenvalue weighted by molar-refractivity contribution is -0.147. The monoisotopic (exact) mass is 373 g/mol. The van der Waals surface area contributed by atoms with Crippen LogP contribution in [-0.4, -0.2) is 24.6 Å². The Hall–Kier alpha value is -1.88. The summed E-state index contributed by atoms with van der Waals surface area (Å²) in [6.07, 6.45) is 8.42. The molecule has 2 amide bonds. The highest BCUT2D eigenvalue weighted by atomic mass is 35.5. The second-order valence-corrected chi connectivity index (χ2v) is 8.67. The van der Waals surface area contributed by atoms with Gasteiger partial charge in [0.05, 0.1) is 12.8 Å². The molecule has 4 aliphatic carbocycles. The van der Waals surface area contributed by atoms with Crippen molar-refractivity contribution in [2.24, 2.45) is 28.3 Å². The number of nitrogens with one attached hydrogen (secondary N) is 2. The second kappa shape index (κ2) is 7.03. The Morgan fingerprint density at radius 3 is 2.42 bits per heavy atom. The standard InChI is InChI=1S/C20H24ClN3O2/c21-17-3-1-2-13(7-17)11-23-24-18(25)12-22-19(26)20-8-14-4-15(9-20)6-16(5-14)10-20/h1-3,7,11,14-16H,4-6,8-10,12H2,(H,22,26)(H,24,25). The summed E-state index contributed by atoms with van der Waals surface area (Å²) >= 11 is 5.90. The molecule has 0 radical (unpaired) electrons. The molecule has 26 heavy (non-hydrogen) atoms. The van der Waals surface area contributed by atoms with Crippen molar-refractivity contribution in [3.05, 3.63) is 34.9 Å². The van der Waals surface area contributed by atoms with Crippen molar-refractivity contribution >= 4 is 29.6 Å². The van der Waals surface area contributed by atoms with Crippen molar-refractivity contribution in [2.75, 3.05) is 6.54 Å². The summed E-state index contributed by atoms with van der Waals surface area (Å²) < 4.78 is 0. The van der Waals surface area contributed by atoms with Crippen LogP contribution in [0, 0.1) is 23.2 Å². The molecule has 138 valence electrons. The molecular weight excluding hydrogens is 350 g/mol. The lowest BCUT2D eigenvalue weighted by Gasteiger charge is -2.55. The first-order valence-corrected chi connectivity index (χ1v) is 9.76. The van der Waals surface area contributed by atoms with E-state index >= 15 is 0 Å². The predicted octanol–water partition coefficient (Wildman–Crippen LogP) is 3.12. The van der Waals surface area contributed by atoms with Crippen LogP contribution < -0.4 is 10.7 Å². The summed E-state index contributed by atoms with van der Waals surface area (Å²) in [6, 6.07) is 7.19. The van der Waals surface area contributed by atoms with Gasteiger partial charge in [0.25, 0.3) is 5.91 Å². The van der Waals surface area contributed by atoms with Gasteiger partial charge in [0.1, 0.15) is 0 Å². The largest absolute Gasteiger partial charge is 0.346 e. The summed E-state index contributed by atoms with van der Waals surface area (Å²) in [5, 5.41) is 7.38. The van der Waals surface area contributed by atoms with E-state index in [1.54, 1.807) is 12.1 Å². The lowest BCUT2D eigenvalue weighted by atomic mass is 9.49. The molecule has 2 N–H and O–H groups in total. The molecule has 0 heterocycles. The molecule has 4 saturated carbocycles. The van der Waals surface area contributed by atoms with E-state index in [2.05, 4.69) is 15.8 Å². The first-order chi connectivity index (χ1) is 12.5. The van der Waals surface area contributed by atoms with Gasteiger partial charge in [-0.05, 0) is 74.0 Å². The van der Waals surface area contributed by atoms with Crippen molar-refractivity contribution in [2.45, 2.75) is 38.5 Å². The van der Waals surface area contributed by atoms with Crippen LogP contribution in [0.15, 0.2) is 29.4 Å². The number of hydrazone groups is 1. The molecule has 0 atom stereocenters. The molecular formula is C20H24ClN3O2. The third-order valence-electron chi connectivity index (χ3n) is 6.18. The van der Waals surface area contributed by atoms with Gasteiger partial charge in [-0.25, -0.2) is 5.43 Å². The number of rotatable bonds is 5. The topological polar surface area (TPSA) is 70.6 Å². The fourth-order valence-electron chi connectivity index (χ4n) is 5.54. The van der Waals surface area contributed by atoms with Gasteiger partial charge in [0.2, 0.25) is 5.91 Å². The third kappa shape index (κ3) is 3.63. The highest BCUT2D eigenvalue weighted by molar-refractivity contribution is 6.30. The van der Waals surface area contributed by atoms with Crippen LogP contribution in [0.4, 0.5) is 0 Å². The highest BCUT2D eigenvalue weighted by Gasteiger charge is 2.54. The van der Waals surface area contributed by atoms with E-state index in [-0.39, 0.29) is 23.8 Å². The molecule has 1 aromatic rings. The fourth-order valence-corrected chi connectivity index (χ4v) is 5.74. The summed E-state index contributed by atoms with van der Waals surface area (Å²) in [6.45, 7) is -0.0343. The van der Waals surface area contributed by atoms with Crippen LogP contribution in [0.3, 0.4) is 0 Å². The van der Waals surface area contributed by atoms with E-state index in [1.165, 1.54) is 25.5 Å². The summed E-state index contributed by atoms with van der Waals surface area (Å²) in [7, 11) is 0. The van der Waals surface area contributed by atoms with Gasteiger partial charge in [-0.3, -0.25) is 9.59 Å². The number of amides is 2. The number of carbonyl (C=O) groups is 2. The quantitative estimate of drug-likeness (QED) is 0.615. The molecule has 5 rings (SSSR count). The number of carbonyl (C=O) groups excluding carboxylic acids is 2. The van der Waals surface area contributed by atoms with E-state index in [4.69, 9.17) is 11.6 Å². The Balaban J connectivity index is 1.27. The molecule has 0 saturated heterocycles. The van der Waals surface area contributed by atoms with Crippen LogP contribution in [0.1, 0.15) is 44.1 Å². The smallest absolute Gasteiger partial charge is 0.259 e. The molecule has 5 nitrogen and oxygen atoms in total. The lowest BCUT2D eigenvalue weighted by Crippen LogP contribution is -2.54. The molecule has 4 bridgehead atoms. The normalized spacial score (nSPS) is 32.0. The Bertz CT molecular complexity index is 711. The molecule has 6 heteroatoms. The Labute approximate surface area is 158 Å². The van der Waals surface area contributed by atoms with Crippen LogP contribution in [0.2, 0.25) is 5.02 Å². The maximum Gasteiger partial charge on any atom is 0.259 e. The minimum atomic E-state index is -0.318. The van der Waals surface area contributed by atoms with Crippen LogP contribution in [0.25, 0.3) is 0 Å². The first-order valence-electron chi connectivity index (χ1n) is 9.38. The van der Waals surface area contributed by atoms with Crippen LogP contribution in [0.5, 0.6) is 0 Å². The maximum atomic E-state index is 12.8. The summed E-state index contributed by atoms with van der Waals surface area (Å²) in [5.74, 6) is 1.88. The van der Waals surface area contributed by atoms with E-state index in [1.807, 2.05) is 12.1 Å². The van der Waals surface area contributed by atoms with Gasteiger partial charge in [-0.1, -0.05) is 23.7 Å². The highest BCUT2D eigenvalue weighted by Crippen LogP contribution is 2.60.